The van der Waals surface area contributed by atoms with Gasteiger partial charge in [0.15, 0.2) is 0 Å². The van der Waals surface area contributed by atoms with Gasteiger partial charge in [-0.15, -0.1) is 0 Å². The minimum absolute atomic E-state index is 0.0600. The van der Waals surface area contributed by atoms with Crippen molar-refractivity contribution in [1.82, 2.24) is 0 Å². The van der Waals surface area contributed by atoms with Gasteiger partial charge in [0.2, 0.25) is 11.8 Å². The molecule has 3 rings (SSSR count). The summed E-state index contributed by atoms with van der Waals surface area (Å²) in [5, 5.41) is 10.7. The maximum Gasteiger partial charge on any atom is 0.269 e. The molecule has 0 N–H and O–H groups in total. The Labute approximate surface area is 128 Å². The van der Waals surface area contributed by atoms with Crippen LogP contribution in [0.4, 0.5) is 11.4 Å². The first-order valence-electron chi connectivity index (χ1n) is 7.33. The quantitative estimate of drug-likeness (QED) is 0.478. The van der Waals surface area contributed by atoms with Gasteiger partial charge in [0, 0.05) is 18.1 Å². The number of fused-ring (bicyclic) bond motifs is 2. The highest BCUT2D eigenvalue weighted by atomic mass is 16.6. The summed E-state index contributed by atoms with van der Waals surface area (Å²) >= 11 is 0. The molecular formula is C16H18N2O4. The number of benzene rings is 1. The smallest absolute Gasteiger partial charge is 0.269 e. The van der Waals surface area contributed by atoms with Gasteiger partial charge in [-0.3, -0.25) is 19.7 Å². The van der Waals surface area contributed by atoms with E-state index >= 15 is 0 Å². The van der Waals surface area contributed by atoms with Crippen molar-refractivity contribution >= 4 is 23.2 Å². The van der Waals surface area contributed by atoms with Crippen LogP contribution in [-0.4, -0.2) is 16.7 Å². The summed E-state index contributed by atoms with van der Waals surface area (Å²) in [5.74, 6) is -0.589. The fourth-order valence-corrected chi connectivity index (χ4v) is 3.79. The fraction of sp³-hybridized carbons (Fsp3) is 0.500. The van der Waals surface area contributed by atoms with Crippen molar-refractivity contribution < 1.29 is 14.5 Å². The molecule has 1 aromatic carbocycles. The van der Waals surface area contributed by atoms with Crippen molar-refractivity contribution in [1.29, 1.82) is 0 Å². The van der Waals surface area contributed by atoms with E-state index in [2.05, 4.69) is 0 Å². The first-order chi connectivity index (χ1) is 10.2. The zero-order valence-electron chi connectivity index (χ0n) is 12.8. The third kappa shape index (κ3) is 1.66. The molecule has 1 heterocycles. The molecule has 6 nitrogen and oxygen atoms in total. The van der Waals surface area contributed by atoms with Gasteiger partial charge >= 0.3 is 0 Å². The molecule has 2 amide bonds. The zero-order valence-corrected chi connectivity index (χ0v) is 12.8. The van der Waals surface area contributed by atoms with Gasteiger partial charge < -0.3 is 0 Å². The molecule has 1 aliphatic carbocycles. The van der Waals surface area contributed by atoms with Crippen LogP contribution < -0.4 is 4.90 Å². The van der Waals surface area contributed by atoms with E-state index in [1.807, 2.05) is 20.8 Å². The lowest BCUT2D eigenvalue weighted by molar-refractivity contribution is -0.384. The second kappa shape index (κ2) is 4.38. The number of piperidine rings is 1. The number of hydrogen-bond donors (Lipinski definition) is 0. The average molecular weight is 302 g/mol. The fourth-order valence-electron chi connectivity index (χ4n) is 3.79. The lowest BCUT2D eigenvalue weighted by Gasteiger charge is -2.47. The summed E-state index contributed by atoms with van der Waals surface area (Å²) in [7, 11) is 0. The summed E-state index contributed by atoms with van der Waals surface area (Å²) in [5.41, 5.74) is -0.587. The van der Waals surface area contributed by atoms with Crippen LogP contribution in [0.3, 0.4) is 0 Å². The number of amides is 2. The molecule has 0 spiro atoms. The summed E-state index contributed by atoms with van der Waals surface area (Å²) < 4.78 is 0. The summed E-state index contributed by atoms with van der Waals surface area (Å²) in [4.78, 5) is 37.1. The van der Waals surface area contributed by atoms with Crippen LogP contribution in [0.15, 0.2) is 24.3 Å². The highest BCUT2D eigenvalue weighted by Crippen LogP contribution is 2.60. The average Bonchev–Trinajstić information content (AvgIpc) is 2.64. The first kappa shape index (κ1) is 14.7. The molecule has 1 aromatic rings. The monoisotopic (exact) mass is 302 g/mol. The molecule has 0 aromatic heterocycles. The van der Waals surface area contributed by atoms with Crippen LogP contribution in [0.25, 0.3) is 0 Å². The van der Waals surface area contributed by atoms with Gasteiger partial charge in [0.25, 0.3) is 5.69 Å². The number of rotatable bonds is 2. The van der Waals surface area contributed by atoms with Gasteiger partial charge in [0.1, 0.15) is 0 Å². The van der Waals surface area contributed by atoms with Crippen molar-refractivity contribution in [3.8, 4) is 0 Å². The largest absolute Gasteiger partial charge is 0.274 e. The summed E-state index contributed by atoms with van der Waals surface area (Å²) in [6.45, 7) is 5.88. The van der Waals surface area contributed by atoms with Crippen LogP contribution in [0.2, 0.25) is 0 Å². The Bertz CT molecular complexity index is 680. The molecule has 22 heavy (non-hydrogen) atoms. The Morgan fingerprint density at radius 3 is 2.32 bits per heavy atom. The Hall–Kier alpha value is -2.24. The summed E-state index contributed by atoms with van der Waals surface area (Å²) in [6, 6.07) is 5.57. The number of nitro groups is 1. The first-order valence-corrected chi connectivity index (χ1v) is 7.33. The number of carbonyl (C=O) groups is 2. The van der Waals surface area contributed by atoms with E-state index in [1.54, 1.807) is 0 Å². The normalized spacial score (nSPS) is 29.8. The molecular weight excluding hydrogens is 284 g/mol. The van der Waals surface area contributed by atoms with E-state index in [0.717, 1.165) is 0 Å². The molecule has 0 unspecified atom stereocenters. The van der Waals surface area contributed by atoms with Crippen molar-refractivity contribution in [3.05, 3.63) is 34.4 Å². The van der Waals surface area contributed by atoms with E-state index in [1.165, 1.54) is 29.2 Å². The zero-order chi connectivity index (χ0) is 16.3. The van der Waals surface area contributed by atoms with Gasteiger partial charge in [-0.05, 0) is 30.4 Å². The molecule has 2 aliphatic rings. The van der Waals surface area contributed by atoms with Crippen molar-refractivity contribution in [2.24, 2.45) is 16.7 Å². The number of non-ortho nitro benzene ring substituents is 1. The third-order valence-corrected chi connectivity index (χ3v) is 5.74. The van der Waals surface area contributed by atoms with Gasteiger partial charge in [-0.2, -0.15) is 0 Å². The maximum atomic E-state index is 12.9. The lowest BCUT2D eigenvalue weighted by atomic mass is 9.62. The Kier molecular flexibility index (Phi) is 2.92. The molecule has 116 valence electrons. The standard InChI is InChI=1S/C16H18N2O4/c1-15(2)12-8-9-16(15,3)14(20)17(13(12)19)10-4-6-11(7-5-10)18(21)22/h4-7,12H,8-9H2,1-3H3/t12-,16+/m0/s1. The molecule has 1 saturated heterocycles. The highest BCUT2D eigenvalue weighted by molar-refractivity contribution is 6.20. The second-order valence-corrected chi connectivity index (χ2v) is 6.90. The molecule has 1 aliphatic heterocycles. The maximum absolute atomic E-state index is 12.9. The van der Waals surface area contributed by atoms with Gasteiger partial charge in [0.05, 0.1) is 16.0 Å². The highest BCUT2D eigenvalue weighted by Gasteiger charge is 2.64. The van der Waals surface area contributed by atoms with E-state index in [0.29, 0.717) is 18.5 Å². The van der Waals surface area contributed by atoms with Crippen LogP contribution in [-0.2, 0) is 9.59 Å². The Morgan fingerprint density at radius 1 is 1.18 bits per heavy atom. The van der Waals surface area contributed by atoms with E-state index in [-0.39, 0.29) is 28.8 Å². The van der Waals surface area contributed by atoms with Crippen LogP contribution in [0, 0.1) is 26.9 Å². The lowest BCUT2D eigenvalue weighted by Crippen LogP contribution is -2.59. The SMILES string of the molecule is CC1(C)[C@H]2CC[C@]1(C)C(=O)N(c1ccc([N+](=O)[O-])cc1)C2=O. The Morgan fingerprint density at radius 2 is 1.77 bits per heavy atom. The van der Waals surface area contributed by atoms with Gasteiger partial charge in [-0.1, -0.05) is 20.8 Å². The Balaban J connectivity index is 2.04. The molecule has 2 fully saturated rings. The van der Waals surface area contributed by atoms with E-state index in [9.17, 15) is 19.7 Å². The molecule has 2 atom stereocenters. The van der Waals surface area contributed by atoms with Crippen molar-refractivity contribution in [2.45, 2.75) is 33.6 Å². The number of imide groups is 1. The second-order valence-electron chi connectivity index (χ2n) is 6.90. The van der Waals surface area contributed by atoms with E-state index < -0.39 is 10.3 Å². The number of nitrogens with zero attached hydrogens (tertiary/aromatic N) is 2. The topological polar surface area (TPSA) is 80.5 Å². The molecule has 1 saturated carbocycles. The summed E-state index contributed by atoms with van der Waals surface area (Å²) in [6.07, 6.45) is 1.40. The minimum Gasteiger partial charge on any atom is -0.274 e. The number of hydrogen-bond acceptors (Lipinski definition) is 4. The van der Waals surface area contributed by atoms with Crippen LogP contribution in [0.1, 0.15) is 33.6 Å². The number of carbonyl (C=O) groups excluding carboxylic acids is 2. The third-order valence-electron chi connectivity index (χ3n) is 5.74. The molecule has 2 bridgehead atoms. The predicted octanol–water partition coefficient (Wildman–Crippen LogP) is 2.91. The van der Waals surface area contributed by atoms with Crippen molar-refractivity contribution in [3.63, 3.8) is 0 Å². The van der Waals surface area contributed by atoms with Crippen molar-refractivity contribution in [2.75, 3.05) is 4.90 Å². The molecule has 0 radical (unpaired) electrons. The molecule has 6 heteroatoms. The number of anilines is 1. The number of nitro benzene ring substituents is 1. The van der Waals surface area contributed by atoms with E-state index in [4.69, 9.17) is 0 Å². The minimum atomic E-state index is -0.576. The van der Waals surface area contributed by atoms with Gasteiger partial charge in [-0.25, -0.2) is 4.90 Å². The van der Waals surface area contributed by atoms with Crippen LogP contribution in [0.5, 0.6) is 0 Å². The van der Waals surface area contributed by atoms with Crippen LogP contribution >= 0.6 is 0 Å². The predicted molar refractivity (Wildman–Crippen MR) is 80.2 cm³/mol.